The highest BCUT2D eigenvalue weighted by molar-refractivity contribution is 5.70. The van der Waals surface area contributed by atoms with Crippen LogP contribution < -0.4 is 0 Å². The number of hydroxylamine groups is 1. The van der Waals surface area contributed by atoms with Crippen molar-refractivity contribution in [2.45, 2.75) is 72.3 Å². The van der Waals surface area contributed by atoms with Crippen LogP contribution in [0.3, 0.4) is 0 Å². The van der Waals surface area contributed by atoms with Gasteiger partial charge < -0.3 is 5.21 Å². The summed E-state index contributed by atoms with van der Waals surface area (Å²) < 4.78 is 0.766. The van der Waals surface area contributed by atoms with Crippen LogP contribution in [0.1, 0.15) is 94.5 Å². The number of nitrogens with zero attached hydrogens (tertiary/aromatic N) is 2. The molecule has 0 unspecified atom stereocenters. The summed E-state index contributed by atoms with van der Waals surface area (Å²) >= 11 is 0. The van der Waals surface area contributed by atoms with Crippen molar-refractivity contribution in [1.82, 2.24) is 0 Å². The van der Waals surface area contributed by atoms with E-state index in [1.54, 1.807) is 0 Å². The monoisotopic (exact) mass is 300 g/mol. The summed E-state index contributed by atoms with van der Waals surface area (Å²) in [6.07, 6.45) is 1.05. The van der Waals surface area contributed by atoms with Crippen LogP contribution in [0.4, 0.5) is 0 Å². The van der Waals surface area contributed by atoms with E-state index in [0.29, 0.717) is 17.8 Å². The molecule has 1 aromatic carbocycles. The highest BCUT2D eigenvalue weighted by Crippen LogP contribution is 2.36. The molecule has 0 saturated heterocycles. The molecule has 1 aromatic rings. The van der Waals surface area contributed by atoms with Crippen molar-refractivity contribution in [3.63, 3.8) is 0 Å². The van der Waals surface area contributed by atoms with Gasteiger partial charge in [0.1, 0.15) is 0 Å². The van der Waals surface area contributed by atoms with E-state index in [1.165, 1.54) is 16.7 Å². The number of benzene rings is 1. The van der Waals surface area contributed by atoms with Gasteiger partial charge in [-0.25, -0.2) is 0 Å². The van der Waals surface area contributed by atoms with Gasteiger partial charge >= 0.3 is 0 Å². The van der Waals surface area contributed by atoms with Crippen molar-refractivity contribution >= 4 is 6.21 Å². The summed E-state index contributed by atoms with van der Waals surface area (Å²) in [6, 6.07) is 5.94. The zero-order chi connectivity index (χ0) is 17.0. The van der Waals surface area contributed by atoms with Crippen LogP contribution in [0, 0.1) is 16.5 Å². The zero-order valence-corrected chi connectivity index (χ0v) is 14.8. The molecule has 120 valence electrons. The fraction of sp³-hybridized carbons (Fsp3) is 0.579. The molecule has 22 heavy (non-hydrogen) atoms. The lowest BCUT2D eigenvalue weighted by Crippen LogP contribution is -2.17. The van der Waals surface area contributed by atoms with Crippen LogP contribution in [0.25, 0.3) is 0 Å². The van der Waals surface area contributed by atoms with Gasteiger partial charge in [-0.1, -0.05) is 53.7 Å². The molecule has 0 amide bonds. The lowest BCUT2D eigenvalue weighted by molar-refractivity contribution is -0.497. The largest absolute Gasteiger partial charge is 0.623 e. The molecule has 0 spiro atoms. The van der Waals surface area contributed by atoms with Crippen LogP contribution in [-0.4, -0.2) is 11.0 Å². The number of hydrogen-bond acceptors (Lipinski definition) is 2. The Balaban J connectivity index is 3.66. The van der Waals surface area contributed by atoms with Crippen LogP contribution in [-0.2, 0) is 0 Å². The molecule has 0 aromatic heterocycles. The SMILES string of the molecule is CC(C)c1cc(C(C)C)c([C@H](C)/[N+]([O-])=C/C#N)c(C(C)C)c1. The first kappa shape index (κ1) is 18.2. The first-order chi connectivity index (χ1) is 10.2. The van der Waals surface area contributed by atoms with E-state index in [0.717, 1.165) is 16.5 Å². The molecule has 3 nitrogen and oxygen atoms in total. The Labute approximate surface area is 134 Å². The van der Waals surface area contributed by atoms with E-state index in [2.05, 4.69) is 53.7 Å². The summed E-state index contributed by atoms with van der Waals surface area (Å²) in [5.41, 5.74) is 4.82. The molecule has 1 rings (SSSR count). The molecule has 0 aliphatic heterocycles. The molecular formula is C19H28N2O. The number of nitriles is 1. The van der Waals surface area contributed by atoms with Crippen LogP contribution in [0.15, 0.2) is 12.1 Å². The second-order valence-electron chi connectivity index (χ2n) is 6.87. The summed E-state index contributed by atoms with van der Waals surface area (Å²) in [7, 11) is 0. The minimum atomic E-state index is -0.351. The summed E-state index contributed by atoms with van der Waals surface area (Å²) in [6.45, 7) is 14.9. The van der Waals surface area contributed by atoms with Gasteiger partial charge in [0, 0.05) is 12.5 Å². The Morgan fingerprint density at radius 3 is 1.73 bits per heavy atom. The van der Waals surface area contributed by atoms with E-state index < -0.39 is 0 Å². The fourth-order valence-electron chi connectivity index (χ4n) is 2.79. The lowest BCUT2D eigenvalue weighted by Gasteiger charge is -2.25. The van der Waals surface area contributed by atoms with Gasteiger partial charge in [0.25, 0.3) is 6.21 Å². The Morgan fingerprint density at radius 2 is 1.41 bits per heavy atom. The Hall–Kier alpha value is -1.82. The molecule has 1 atom stereocenters. The predicted molar refractivity (Wildman–Crippen MR) is 92.4 cm³/mol. The van der Waals surface area contributed by atoms with Gasteiger partial charge in [-0.2, -0.15) is 10.0 Å². The lowest BCUT2D eigenvalue weighted by atomic mass is 9.82. The Kier molecular flexibility index (Phi) is 6.17. The van der Waals surface area contributed by atoms with E-state index in [4.69, 9.17) is 5.26 Å². The smallest absolute Gasteiger partial charge is 0.253 e. The van der Waals surface area contributed by atoms with Crippen molar-refractivity contribution < 1.29 is 4.74 Å². The van der Waals surface area contributed by atoms with E-state index in [9.17, 15) is 5.21 Å². The molecule has 3 heteroatoms. The van der Waals surface area contributed by atoms with E-state index in [1.807, 2.05) is 13.0 Å². The van der Waals surface area contributed by atoms with Crippen LogP contribution in [0.5, 0.6) is 0 Å². The number of rotatable bonds is 5. The summed E-state index contributed by atoms with van der Waals surface area (Å²) in [5.74, 6) is 1.13. The van der Waals surface area contributed by atoms with Crippen LogP contribution in [0.2, 0.25) is 0 Å². The van der Waals surface area contributed by atoms with Gasteiger partial charge in [0.05, 0.1) is 0 Å². The van der Waals surface area contributed by atoms with Crippen LogP contribution >= 0.6 is 0 Å². The summed E-state index contributed by atoms with van der Waals surface area (Å²) in [4.78, 5) is 0. The van der Waals surface area contributed by atoms with Gasteiger partial charge in [0.2, 0.25) is 0 Å². The van der Waals surface area contributed by atoms with Crippen molar-refractivity contribution in [1.29, 1.82) is 5.26 Å². The van der Waals surface area contributed by atoms with Gasteiger partial charge in [-0.3, -0.25) is 0 Å². The molecule has 0 aliphatic carbocycles. The third-order valence-corrected chi connectivity index (χ3v) is 4.16. The standard InChI is InChI=1S/C19H28N2O/c1-12(2)16-10-17(13(3)4)19(18(11-16)14(5)6)15(7)21(22)9-8-20/h9-15H,1-7H3/b21-9-/t15-/m0/s1. The molecule has 0 N–H and O–H groups in total. The molecule has 0 heterocycles. The third kappa shape index (κ3) is 3.88. The third-order valence-electron chi connectivity index (χ3n) is 4.16. The van der Waals surface area contributed by atoms with Gasteiger partial charge in [0.15, 0.2) is 12.1 Å². The maximum Gasteiger partial charge on any atom is 0.253 e. The predicted octanol–water partition coefficient (Wildman–Crippen LogP) is 5.22. The maximum absolute atomic E-state index is 12.2. The van der Waals surface area contributed by atoms with Crippen molar-refractivity contribution in [2.75, 3.05) is 0 Å². The molecular weight excluding hydrogens is 272 g/mol. The second-order valence-corrected chi connectivity index (χ2v) is 6.87. The van der Waals surface area contributed by atoms with Crippen molar-refractivity contribution in [3.8, 4) is 6.07 Å². The highest BCUT2D eigenvalue weighted by Gasteiger charge is 2.25. The molecule has 0 fully saturated rings. The first-order valence-electron chi connectivity index (χ1n) is 8.06. The highest BCUT2D eigenvalue weighted by atomic mass is 16.5. The van der Waals surface area contributed by atoms with Gasteiger partial charge in [-0.05, 0) is 34.4 Å². The number of hydrogen-bond donors (Lipinski definition) is 0. The maximum atomic E-state index is 12.2. The average molecular weight is 300 g/mol. The summed E-state index contributed by atoms with van der Waals surface area (Å²) in [5, 5.41) is 20.9. The van der Waals surface area contributed by atoms with E-state index in [-0.39, 0.29) is 6.04 Å². The zero-order valence-electron chi connectivity index (χ0n) is 14.8. The normalized spacial score (nSPS) is 13.8. The minimum absolute atomic E-state index is 0.337. The average Bonchev–Trinajstić information content (AvgIpc) is 2.44. The van der Waals surface area contributed by atoms with Crippen molar-refractivity contribution in [3.05, 3.63) is 39.6 Å². The van der Waals surface area contributed by atoms with E-state index >= 15 is 0 Å². The molecule has 0 aliphatic rings. The Morgan fingerprint density at radius 1 is 0.955 bits per heavy atom. The fourth-order valence-corrected chi connectivity index (χ4v) is 2.79. The second kappa shape index (κ2) is 7.45. The minimum Gasteiger partial charge on any atom is -0.623 e. The molecule has 0 radical (unpaired) electrons. The topological polar surface area (TPSA) is 49.9 Å². The molecule has 0 bridgehead atoms. The Bertz CT molecular complexity index is 563. The first-order valence-corrected chi connectivity index (χ1v) is 8.06. The molecule has 0 saturated carbocycles. The van der Waals surface area contributed by atoms with Crippen molar-refractivity contribution in [2.24, 2.45) is 0 Å². The van der Waals surface area contributed by atoms with Gasteiger partial charge in [-0.15, -0.1) is 0 Å². The quantitative estimate of drug-likeness (QED) is 0.324.